The van der Waals surface area contributed by atoms with Crippen molar-refractivity contribution in [1.82, 2.24) is 0 Å². The summed E-state index contributed by atoms with van der Waals surface area (Å²) in [6.07, 6.45) is 3.32. The Hall–Kier alpha value is -4.06. The Bertz CT molecular complexity index is 1060. The van der Waals surface area contributed by atoms with Gasteiger partial charge >= 0.3 is 0 Å². The van der Waals surface area contributed by atoms with Gasteiger partial charge in [-0.15, -0.1) is 0 Å². The number of aliphatic hydroxyl groups excluding tert-OH is 1. The summed E-state index contributed by atoms with van der Waals surface area (Å²) < 4.78 is 12.5. The lowest BCUT2D eigenvalue weighted by molar-refractivity contribution is -0.0676. The highest BCUT2D eigenvalue weighted by molar-refractivity contribution is 5.75. The number of allylic oxidation sites excluding steroid dienone is 1. The standard InChI is InChI=1S/C24H22N2O4/c25-16-5-9-18(10-6-16)29-24(30-19-11-7-17(26)8-12-19)14-13-23(28)21(15-24)20-3-1-2-4-22(20)27/h1-14,27-28H,15,25-26H2. The zero-order valence-electron chi connectivity index (χ0n) is 16.2. The molecule has 152 valence electrons. The SMILES string of the molecule is Nc1ccc(OC2(Oc3ccc(N)cc3)C=CC(O)=C(c3ccccc3O)C2)cc1. The van der Waals surface area contributed by atoms with Crippen molar-refractivity contribution in [1.29, 1.82) is 0 Å². The number of ether oxygens (including phenoxy) is 2. The molecule has 0 saturated heterocycles. The molecule has 0 unspecified atom stereocenters. The minimum atomic E-state index is -1.27. The van der Waals surface area contributed by atoms with E-state index in [-0.39, 0.29) is 17.9 Å². The first-order valence-corrected chi connectivity index (χ1v) is 9.43. The van der Waals surface area contributed by atoms with Crippen LogP contribution in [0.25, 0.3) is 5.57 Å². The predicted octanol–water partition coefficient (Wildman–Crippen LogP) is 4.64. The molecule has 6 heteroatoms. The van der Waals surface area contributed by atoms with Crippen LogP contribution in [0.2, 0.25) is 0 Å². The highest BCUT2D eigenvalue weighted by atomic mass is 16.7. The number of rotatable bonds is 5. The van der Waals surface area contributed by atoms with Crippen LogP contribution in [0.5, 0.6) is 17.2 Å². The first-order valence-electron chi connectivity index (χ1n) is 9.43. The lowest BCUT2D eigenvalue weighted by Crippen LogP contribution is -2.42. The summed E-state index contributed by atoms with van der Waals surface area (Å²) in [5.41, 5.74) is 13.8. The fraction of sp³-hybridized carbons (Fsp3) is 0.0833. The molecule has 0 amide bonds. The number of benzene rings is 3. The molecule has 0 aliphatic heterocycles. The Balaban J connectivity index is 1.73. The van der Waals surface area contributed by atoms with Crippen LogP contribution in [0, 0.1) is 0 Å². The third kappa shape index (κ3) is 4.03. The van der Waals surface area contributed by atoms with E-state index >= 15 is 0 Å². The maximum absolute atomic E-state index is 10.5. The van der Waals surface area contributed by atoms with Crippen molar-refractivity contribution in [3.63, 3.8) is 0 Å². The number of para-hydroxylation sites is 1. The number of aliphatic hydroxyl groups is 1. The largest absolute Gasteiger partial charge is 0.508 e. The van der Waals surface area contributed by atoms with Crippen LogP contribution in [0.3, 0.4) is 0 Å². The molecule has 0 heterocycles. The van der Waals surface area contributed by atoms with Crippen LogP contribution in [0.4, 0.5) is 11.4 Å². The number of aromatic hydroxyl groups is 1. The number of phenols is 1. The van der Waals surface area contributed by atoms with Crippen LogP contribution in [-0.4, -0.2) is 16.0 Å². The summed E-state index contributed by atoms with van der Waals surface area (Å²) in [6.45, 7) is 0. The van der Waals surface area contributed by atoms with Crippen LogP contribution in [0.15, 0.2) is 90.7 Å². The third-order valence-corrected chi connectivity index (χ3v) is 4.80. The van der Waals surface area contributed by atoms with E-state index in [2.05, 4.69) is 0 Å². The highest BCUT2D eigenvalue weighted by Gasteiger charge is 2.38. The molecule has 3 aromatic carbocycles. The van der Waals surface area contributed by atoms with Gasteiger partial charge in [-0.25, -0.2) is 0 Å². The number of nitrogens with two attached hydrogens (primary N) is 2. The minimum absolute atomic E-state index is 0.0361. The summed E-state index contributed by atoms with van der Waals surface area (Å²) in [7, 11) is 0. The quantitative estimate of drug-likeness (QED) is 0.365. The smallest absolute Gasteiger partial charge is 0.275 e. The summed E-state index contributed by atoms with van der Waals surface area (Å²) in [5.74, 6) is -0.0856. The highest BCUT2D eigenvalue weighted by Crippen LogP contribution is 2.40. The molecule has 4 rings (SSSR count). The zero-order chi connectivity index (χ0) is 21.1. The minimum Gasteiger partial charge on any atom is -0.508 e. The Morgan fingerprint density at radius 1 is 0.733 bits per heavy atom. The topological polar surface area (TPSA) is 111 Å². The van der Waals surface area contributed by atoms with Gasteiger partial charge in [0.15, 0.2) is 0 Å². The number of hydrogen-bond donors (Lipinski definition) is 4. The molecule has 6 N–H and O–H groups in total. The molecule has 0 radical (unpaired) electrons. The van der Waals surface area contributed by atoms with E-state index in [9.17, 15) is 10.2 Å². The molecule has 6 nitrogen and oxygen atoms in total. The Morgan fingerprint density at radius 2 is 1.27 bits per heavy atom. The van der Waals surface area contributed by atoms with Crippen molar-refractivity contribution in [2.24, 2.45) is 0 Å². The molecule has 0 spiro atoms. The molecule has 3 aromatic rings. The zero-order valence-corrected chi connectivity index (χ0v) is 16.2. The van der Waals surface area contributed by atoms with E-state index in [1.807, 2.05) is 0 Å². The van der Waals surface area contributed by atoms with Gasteiger partial charge in [0.2, 0.25) is 0 Å². The summed E-state index contributed by atoms with van der Waals surface area (Å²) in [4.78, 5) is 0. The molecule has 0 atom stereocenters. The second-order valence-electron chi connectivity index (χ2n) is 7.05. The summed E-state index contributed by atoms with van der Waals surface area (Å²) in [5, 5.41) is 20.8. The number of anilines is 2. The Morgan fingerprint density at radius 3 is 1.80 bits per heavy atom. The van der Waals surface area contributed by atoms with Crippen molar-refractivity contribution >= 4 is 16.9 Å². The Labute approximate surface area is 174 Å². The molecular weight excluding hydrogens is 380 g/mol. The van der Waals surface area contributed by atoms with Crippen molar-refractivity contribution < 1.29 is 19.7 Å². The van der Waals surface area contributed by atoms with Gasteiger partial charge in [-0.2, -0.15) is 0 Å². The van der Waals surface area contributed by atoms with E-state index < -0.39 is 5.79 Å². The van der Waals surface area contributed by atoms with Gasteiger partial charge in [0.05, 0.1) is 6.42 Å². The van der Waals surface area contributed by atoms with E-state index in [1.54, 1.807) is 78.9 Å². The van der Waals surface area contributed by atoms with Crippen LogP contribution in [-0.2, 0) is 0 Å². The molecule has 0 fully saturated rings. The van der Waals surface area contributed by atoms with Crippen molar-refractivity contribution in [2.75, 3.05) is 11.5 Å². The maximum atomic E-state index is 10.5. The predicted molar refractivity (Wildman–Crippen MR) is 117 cm³/mol. The average molecular weight is 402 g/mol. The normalized spacial score (nSPS) is 15.1. The van der Waals surface area contributed by atoms with E-state index in [1.165, 1.54) is 6.08 Å². The lowest BCUT2D eigenvalue weighted by atomic mass is 9.91. The van der Waals surface area contributed by atoms with Gasteiger partial charge in [0, 0.05) is 28.6 Å². The maximum Gasteiger partial charge on any atom is 0.275 e. The lowest BCUT2D eigenvalue weighted by Gasteiger charge is -2.35. The van der Waals surface area contributed by atoms with Crippen LogP contribution < -0.4 is 20.9 Å². The van der Waals surface area contributed by atoms with E-state index in [0.717, 1.165) is 0 Å². The van der Waals surface area contributed by atoms with Gasteiger partial charge in [0.25, 0.3) is 5.79 Å². The molecule has 30 heavy (non-hydrogen) atoms. The second kappa shape index (κ2) is 7.75. The molecule has 0 bridgehead atoms. The summed E-state index contributed by atoms with van der Waals surface area (Å²) in [6, 6.07) is 20.7. The van der Waals surface area contributed by atoms with E-state index in [0.29, 0.717) is 34.0 Å². The van der Waals surface area contributed by atoms with Gasteiger partial charge in [-0.1, -0.05) is 18.2 Å². The first-order chi connectivity index (χ1) is 14.4. The molecular formula is C24H22N2O4. The summed E-state index contributed by atoms with van der Waals surface area (Å²) >= 11 is 0. The number of nitrogen functional groups attached to an aromatic ring is 2. The van der Waals surface area contributed by atoms with Gasteiger partial charge in [-0.3, -0.25) is 0 Å². The number of phenolic OH excluding ortho intramolecular Hbond substituents is 1. The fourth-order valence-corrected chi connectivity index (χ4v) is 3.30. The molecule has 0 saturated carbocycles. The monoisotopic (exact) mass is 402 g/mol. The van der Waals surface area contributed by atoms with E-state index in [4.69, 9.17) is 20.9 Å². The van der Waals surface area contributed by atoms with Gasteiger partial charge in [0.1, 0.15) is 23.0 Å². The van der Waals surface area contributed by atoms with Crippen molar-refractivity contribution in [3.8, 4) is 17.2 Å². The first kappa shape index (κ1) is 19.3. The number of hydrogen-bond acceptors (Lipinski definition) is 6. The van der Waals surface area contributed by atoms with Crippen LogP contribution in [0.1, 0.15) is 12.0 Å². The van der Waals surface area contributed by atoms with Gasteiger partial charge < -0.3 is 31.2 Å². The third-order valence-electron chi connectivity index (χ3n) is 4.80. The molecule has 1 aliphatic rings. The molecule has 1 aliphatic carbocycles. The average Bonchev–Trinajstić information content (AvgIpc) is 2.74. The second-order valence-corrected chi connectivity index (χ2v) is 7.05. The fourth-order valence-electron chi connectivity index (χ4n) is 3.30. The molecule has 0 aromatic heterocycles. The Kier molecular flexibility index (Phi) is 4.98. The van der Waals surface area contributed by atoms with Crippen molar-refractivity contribution in [3.05, 3.63) is 96.3 Å². The van der Waals surface area contributed by atoms with Crippen LogP contribution >= 0.6 is 0 Å². The van der Waals surface area contributed by atoms with Crippen molar-refractivity contribution in [2.45, 2.75) is 12.2 Å². The van der Waals surface area contributed by atoms with Gasteiger partial charge in [-0.05, 0) is 60.7 Å².